The fourth-order valence-electron chi connectivity index (χ4n) is 0.952. The first-order chi connectivity index (χ1) is 5.43. The number of aliphatic hydroxyl groups is 1. The first-order valence-corrected chi connectivity index (χ1v) is 6.00. The van der Waals surface area contributed by atoms with Crippen LogP contribution in [-0.2, 0) is 10.0 Å². The molecular formula is C5H9BrFNO3S. The molecule has 1 saturated heterocycles. The van der Waals surface area contributed by atoms with Crippen molar-refractivity contribution >= 4 is 26.0 Å². The lowest BCUT2D eigenvalue weighted by Crippen LogP contribution is -2.62. The quantitative estimate of drug-likeness (QED) is 0.709. The zero-order valence-electron chi connectivity index (χ0n) is 6.20. The van der Waals surface area contributed by atoms with Gasteiger partial charge in [-0.2, -0.15) is 4.31 Å². The van der Waals surface area contributed by atoms with Crippen molar-refractivity contribution in [3.8, 4) is 0 Å². The Morgan fingerprint density at radius 2 is 2.08 bits per heavy atom. The van der Waals surface area contributed by atoms with E-state index >= 15 is 0 Å². The molecule has 1 N–H and O–H groups in total. The zero-order valence-corrected chi connectivity index (χ0v) is 8.61. The van der Waals surface area contributed by atoms with Gasteiger partial charge in [-0.1, -0.05) is 15.9 Å². The van der Waals surface area contributed by atoms with Crippen LogP contribution in [-0.4, -0.2) is 47.9 Å². The van der Waals surface area contributed by atoms with Crippen molar-refractivity contribution in [3.63, 3.8) is 0 Å². The summed E-state index contributed by atoms with van der Waals surface area (Å²) in [5.41, 5.74) is -1.73. The third-order valence-electron chi connectivity index (χ3n) is 1.73. The van der Waals surface area contributed by atoms with Crippen LogP contribution in [0, 0.1) is 0 Å². The van der Waals surface area contributed by atoms with Crippen LogP contribution in [0.15, 0.2) is 0 Å². The summed E-state index contributed by atoms with van der Waals surface area (Å²) in [5, 5.41) is 8.49. The molecule has 0 bridgehead atoms. The molecule has 1 rings (SSSR count). The van der Waals surface area contributed by atoms with Crippen molar-refractivity contribution in [2.24, 2.45) is 0 Å². The van der Waals surface area contributed by atoms with E-state index in [4.69, 9.17) is 5.11 Å². The highest BCUT2D eigenvalue weighted by atomic mass is 79.9. The number of sulfonamides is 1. The number of nitrogens with zero attached hydrogens (tertiary/aromatic N) is 1. The topological polar surface area (TPSA) is 57.6 Å². The number of aliphatic hydroxyl groups excluding tert-OH is 1. The Hall–Kier alpha value is 0.280. The molecule has 0 amide bonds. The molecule has 0 aliphatic carbocycles. The largest absolute Gasteiger partial charge is 0.393 e. The summed E-state index contributed by atoms with van der Waals surface area (Å²) < 4.78 is 35.8. The molecule has 1 aliphatic rings. The molecule has 0 aromatic heterocycles. The summed E-state index contributed by atoms with van der Waals surface area (Å²) in [7, 11) is -3.34. The molecule has 0 aromatic rings. The minimum absolute atomic E-state index is 0.207. The maximum Gasteiger partial charge on any atom is 0.224 e. The van der Waals surface area contributed by atoms with Crippen LogP contribution in [0.1, 0.15) is 0 Å². The van der Waals surface area contributed by atoms with Crippen molar-refractivity contribution in [3.05, 3.63) is 0 Å². The number of alkyl halides is 2. The standard InChI is InChI=1S/C5H9BrFNO3S/c6-4-12(10,11)8-1-5(7,2-8)3-9/h9H,1-4H2. The molecule has 0 saturated carbocycles. The third-order valence-corrected chi connectivity index (χ3v) is 4.79. The lowest BCUT2D eigenvalue weighted by molar-refractivity contribution is -0.0253. The molecular weight excluding hydrogens is 253 g/mol. The maximum absolute atomic E-state index is 13.0. The van der Waals surface area contributed by atoms with E-state index in [0.29, 0.717) is 0 Å². The van der Waals surface area contributed by atoms with Gasteiger partial charge in [0, 0.05) is 0 Å². The summed E-state index contributed by atoms with van der Waals surface area (Å²) in [6.07, 6.45) is 0. The average molecular weight is 262 g/mol. The van der Waals surface area contributed by atoms with Crippen LogP contribution in [0.25, 0.3) is 0 Å². The Bertz CT molecular complexity index is 262. The molecule has 4 nitrogen and oxygen atoms in total. The lowest BCUT2D eigenvalue weighted by atomic mass is 10.0. The highest BCUT2D eigenvalue weighted by Gasteiger charge is 2.47. The second kappa shape index (κ2) is 3.21. The molecule has 0 spiro atoms. The zero-order chi connectivity index (χ0) is 9.41. The summed E-state index contributed by atoms with van der Waals surface area (Å²) >= 11 is 2.79. The van der Waals surface area contributed by atoms with Crippen molar-refractivity contribution in [2.75, 3.05) is 24.4 Å². The first-order valence-electron chi connectivity index (χ1n) is 3.27. The van der Waals surface area contributed by atoms with E-state index in [0.717, 1.165) is 4.31 Å². The monoisotopic (exact) mass is 261 g/mol. The Labute approximate surface area is 78.5 Å². The van der Waals surface area contributed by atoms with E-state index < -0.39 is 22.3 Å². The van der Waals surface area contributed by atoms with Crippen LogP contribution in [0.5, 0.6) is 0 Å². The van der Waals surface area contributed by atoms with Crippen molar-refractivity contribution in [1.29, 1.82) is 0 Å². The predicted molar refractivity (Wildman–Crippen MR) is 45.2 cm³/mol. The maximum atomic E-state index is 13.0. The third kappa shape index (κ3) is 1.78. The lowest BCUT2D eigenvalue weighted by Gasteiger charge is -2.41. The van der Waals surface area contributed by atoms with E-state index in [2.05, 4.69) is 15.9 Å². The van der Waals surface area contributed by atoms with Gasteiger partial charge in [0.1, 0.15) is 4.66 Å². The molecule has 0 unspecified atom stereocenters. The number of rotatable bonds is 3. The molecule has 12 heavy (non-hydrogen) atoms. The van der Waals surface area contributed by atoms with Gasteiger partial charge in [0.2, 0.25) is 10.0 Å². The smallest absolute Gasteiger partial charge is 0.224 e. The van der Waals surface area contributed by atoms with Crippen molar-refractivity contribution in [1.82, 2.24) is 4.31 Å². The van der Waals surface area contributed by atoms with Gasteiger partial charge < -0.3 is 5.11 Å². The van der Waals surface area contributed by atoms with Crippen LogP contribution in [0.2, 0.25) is 0 Å². The molecule has 0 aromatic carbocycles. The van der Waals surface area contributed by atoms with Gasteiger partial charge in [-0.05, 0) is 0 Å². The highest BCUT2D eigenvalue weighted by Crippen LogP contribution is 2.27. The van der Waals surface area contributed by atoms with E-state index in [9.17, 15) is 12.8 Å². The van der Waals surface area contributed by atoms with Crippen LogP contribution in [0.4, 0.5) is 4.39 Å². The Morgan fingerprint density at radius 1 is 1.58 bits per heavy atom. The normalized spacial score (nSPS) is 23.6. The van der Waals surface area contributed by atoms with Crippen LogP contribution < -0.4 is 0 Å². The van der Waals surface area contributed by atoms with E-state index in [1.165, 1.54) is 0 Å². The van der Waals surface area contributed by atoms with Gasteiger partial charge in [0.05, 0.1) is 19.7 Å². The molecule has 1 aliphatic heterocycles. The first kappa shape index (κ1) is 10.4. The van der Waals surface area contributed by atoms with Gasteiger partial charge in [-0.15, -0.1) is 0 Å². The second-order valence-electron chi connectivity index (χ2n) is 2.80. The Morgan fingerprint density at radius 3 is 2.42 bits per heavy atom. The number of hydrogen-bond donors (Lipinski definition) is 1. The van der Waals surface area contributed by atoms with Crippen molar-refractivity contribution in [2.45, 2.75) is 5.67 Å². The molecule has 1 fully saturated rings. The molecule has 72 valence electrons. The summed E-state index contributed by atoms with van der Waals surface area (Å²) in [6.45, 7) is -1.10. The summed E-state index contributed by atoms with van der Waals surface area (Å²) in [4.78, 5) is 0. The Kier molecular flexibility index (Phi) is 2.77. The average Bonchev–Trinajstić information content (AvgIpc) is 1.98. The highest BCUT2D eigenvalue weighted by molar-refractivity contribution is 9.10. The van der Waals surface area contributed by atoms with Gasteiger partial charge in [0.15, 0.2) is 5.67 Å². The van der Waals surface area contributed by atoms with Crippen LogP contribution >= 0.6 is 15.9 Å². The van der Waals surface area contributed by atoms with E-state index in [1.54, 1.807) is 0 Å². The number of halogens is 2. The molecule has 0 radical (unpaired) electrons. The summed E-state index contributed by atoms with van der Waals surface area (Å²) in [6, 6.07) is 0. The SMILES string of the molecule is O=S(=O)(CBr)N1CC(F)(CO)C1. The number of hydrogen-bond acceptors (Lipinski definition) is 3. The fraction of sp³-hybridized carbons (Fsp3) is 1.00. The molecule has 1 heterocycles. The van der Waals surface area contributed by atoms with Gasteiger partial charge in [-0.3, -0.25) is 0 Å². The molecule has 0 atom stereocenters. The van der Waals surface area contributed by atoms with E-state index in [1.807, 2.05) is 0 Å². The van der Waals surface area contributed by atoms with Gasteiger partial charge >= 0.3 is 0 Å². The molecule has 7 heteroatoms. The van der Waals surface area contributed by atoms with Crippen molar-refractivity contribution < 1.29 is 17.9 Å². The van der Waals surface area contributed by atoms with Gasteiger partial charge in [-0.25, -0.2) is 12.8 Å². The van der Waals surface area contributed by atoms with Crippen LogP contribution in [0.3, 0.4) is 0 Å². The van der Waals surface area contributed by atoms with E-state index in [-0.39, 0.29) is 17.8 Å². The second-order valence-corrected chi connectivity index (χ2v) is 6.07. The summed E-state index contributed by atoms with van der Waals surface area (Å²) in [5.74, 6) is 0. The minimum Gasteiger partial charge on any atom is -0.393 e. The van der Waals surface area contributed by atoms with Gasteiger partial charge in [0.25, 0.3) is 0 Å². The fourth-order valence-corrected chi connectivity index (χ4v) is 2.81. The Balaban J connectivity index is 2.56. The minimum atomic E-state index is -3.34. The predicted octanol–water partition coefficient (Wildman–Crippen LogP) is -0.315.